The number of rotatable bonds is 4. The maximum Gasteiger partial charge on any atom is 0.137 e. The van der Waals surface area contributed by atoms with E-state index in [1.807, 2.05) is 38.1 Å². The van der Waals surface area contributed by atoms with Crippen molar-refractivity contribution in [2.45, 2.75) is 25.3 Å². The van der Waals surface area contributed by atoms with E-state index in [-0.39, 0.29) is 17.3 Å². The Labute approximate surface area is 131 Å². The second kappa shape index (κ2) is 6.59. The summed E-state index contributed by atoms with van der Waals surface area (Å²) in [6.45, 7) is 3.96. The smallest absolute Gasteiger partial charge is 0.137 e. The standard InChI is InChI=1S/C16H15BrClFO/c1-10(2)20-13-6-3-11(4-7-13)16(18)12-5-8-15(19)14(17)9-12/h3-10,16H,1-2H3. The Morgan fingerprint density at radius 2 is 1.65 bits per heavy atom. The first-order chi connectivity index (χ1) is 9.47. The summed E-state index contributed by atoms with van der Waals surface area (Å²) in [5.41, 5.74) is 1.79. The number of hydrogen-bond donors (Lipinski definition) is 0. The molecule has 1 atom stereocenters. The molecule has 0 saturated carbocycles. The second-order valence-electron chi connectivity index (χ2n) is 4.77. The molecule has 1 unspecified atom stereocenters. The van der Waals surface area contributed by atoms with Gasteiger partial charge in [0.15, 0.2) is 0 Å². The van der Waals surface area contributed by atoms with Crippen molar-refractivity contribution in [3.63, 3.8) is 0 Å². The largest absolute Gasteiger partial charge is 0.491 e. The van der Waals surface area contributed by atoms with Crippen molar-refractivity contribution in [2.24, 2.45) is 0 Å². The van der Waals surface area contributed by atoms with E-state index in [2.05, 4.69) is 15.9 Å². The number of hydrogen-bond acceptors (Lipinski definition) is 1. The first kappa shape index (κ1) is 15.3. The van der Waals surface area contributed by atoms with Gasteiger partial charge >= 0.3 is 0 Å². The second-order valence-corrected chi connectivity index (χ2v) is 6.06. The third-order valence-electron chi connectivity index (χ3n) is 2.78. The number of ether oxygens (including phenoxy) is 1. The summed E-state index contributed by atoms with van der Waals surface area (Å²) < 4.78 is 19.2. The van der Waals surface area contributed by atoms with Crippen LogP contribution in [0.15, 0.2) is 46.9 Å². The average Bonchev–Trinajstić information content (AvgIpc) is 2.41. The van der Waals surface area contributed by atoms with Crippen molar-refractivity contribution >= 4 is 27.5 Å². The van der Waals surface area contributed by atoms with Crippen molar-refractivity contribution < 1.29 is 9.13 Å². The molecule has 0 bridgehead atoms. The highest BCUT2D eigenvalue weighted by atomic mass is 79.9. The highest BCUT2D eigenvalue weighted by molar-refractivity contribution is 9.10. The van der Waals surface area contributed by atoms with Crippen LogP contribution in [-0.2, 0) is 0 Å². The maximum atomic E-state index is 13.2. The minimum Gasteiger partial charge on any atom is -0.491 e. The Morgan fingerprint density at radius 1 is 1.05 bits per heavy atom. The zero-order chi connectivity index (χ0) is 14.7. The minimum absolute atomic E-state index is 0.140. The molecule has 0 aliphatic carbocycles. The first-order valence-electron chi connectivity index (χ1n) is 6.33. The lowest BCUT2D eigenvalue weighted by Crippen LogP contribution is -2.05. The van der Waals surface area contributed by atoms with Crippen LogP contribution in [0.25, 0.3) is 0 Å². The summed E-state index contributed by atoms with van der Waals surface area (Å²) in [6.07, 6.45) is 0.140. The van der Waals surface area contributed by atoms with Crippen LogP contribution in [0.3, 0.4) is 0 Å². The van der Waals surface area contributed by atoms with Crippen LogP contribution in [0.2, 0.25) is 0 Å². The molecule has 0 spiro atoms. The molecule has 2 aromatic carbocycles. The molecule has 0 amide bonds. The third-order valence-corrected chi connectivity index (χ3v) is 3.89. The fraction of sp³-hybridized carbons (Fsp3) is 0.250. The summed E-state index contributed by atoms with van der Waals surface area (Å²) in [6, 6.07) is 12.4. The summed E-state index contributed by atoms with van der Waals surface area (Å²) in [4.78, 5) is 0. The SMILES string of the molecule is CC(C)Oc1ccc(C(Cl)c2ccc(F)c(Br)c2)cc1. The molecule has 0 aliphatic heterocycles. The molecular formula is C16H15BrClFO. The van der Waals surface area contributed by atoms with E-state index in [4.69, 9.17) is 16.3 Å². The zero-order valence-corrected chi connectivity index (χ0v) is 13.6. The van der Waals surface area contributed by atoms with E-state index in [0.717, 1.165) is 16.9 Å². The quantitative estimate of drug-likeness (QED) is 0.637. The van der Waals surface area contributed by atoms with Crippen molar-refractivity contribution in [1.82, 2.24) is 0 Å². The molecule has 20 heavy (non-hydrogen) atoms. The Hall–Kier alpha value is -1.06. The highest BCUT2D eigenvalue weighted by Gasteiger charge is 2.12. The Bertz CT molecular complexity index is 584. The molecule has 2 aromatic rings. The van der Waals surface area contributed by atoms with Gasteiger partial charge in [-0.05, 0) is 65.2 Å². The fourth-order valence-electron chi connectivity index (χ4n) is 1.85. The van der Waals surface area contributed by atoms with Gasteiger partial charge in [0, 0.05) is 0 Å². The molecule has 0 heterocycles. The number of alkyl halides is 1. The molecule has 0 saturated heterocycles. The lowest BCUT2D eigenvalue weighted by molar-refractivity contribution is 0.242. The molecule has 0 N–H and O–H groups in total. The molecule has 106 valence electrons. The van der Waals surface area contributed by atoms with Crippen molar-refractivity contribution in [1.29, 1.82) is 0 Å². The van der Waals surface area contributed by atoms with E-state index in [9.17, 15) is 4.39 Å². The predicted molar refractivity (Wildman–Crippen MR) is 84.0 cm³/mol. The van der Waals surface area contributed by atoms with Gasteiger partial charge in [0.1, 0.15) is 11.6 Å². The van der Waals surface area contributed by atoms with Crippen LogP contribution < -0.4 is 4.74 Å². The molecule has 2 rings (SSSR count). The topological polar surface area (TPSA) is 9.23 Å². The Balaban J connectivity index is 2.20. The van der Waals surface area contributed by atoms with Gasteiger partial charge < -0.3 is 4.74 Å². The Morgan fingerprint density at radius 3 is 2.20 bits per heavy atom. The maximum absolute atomic E-state index is 13.2. The van der Waals surface area contributed by atoms with Gasteiger partial charge in [-0.25, -0.2) is 4.39 Å². The van der Waals surface area contributed by atoms with Crippen molar-refractivity contribution in [3.8, 4) is 5.75 Å². The lowest BCUT2D eigenvalue weighted by Gasteiger charge is -2.13. The van der Waals surface area contributed by atoms with Crippen LogP contribution in [0.5, 0.6) is 5.75 Å². The van der Waals surface area contributed by atoms with Gasteiger partial charge in [0.05, 0.1) is 16.0 Å². The van der Waals surface area contributed by atoms with Crippen LogP contribution in [-0.4, -0.2) is 6.10 Å². The van der Waals surface area contributed by atoms with Crippen LogP contribution in [0.4, 0.5) is 4.39 Å². The first-order valence-corrected chi connectivity index (χ1v) is 7.56. The van der Waals surface area contributed by atoms with E-state index >= 15 is 0 Å². The zero-order valence-electron chi connectivity index (χ0n) is 11.2. The summed E-state index contributed by atoms with van der Waals surface area (Å²) in [5, 5.41) is -0.319. The monoisotopic (exact) mass is 356 g/mol. The van der Waals surface area contributed by atoms with Gasteiger partial charge in [-0.2, -0.15) is 0 Å². The minimum atomic E-state index is -0.319. The van der Waals surface area contributed by atoms with Gasteiger partial charge in [-0.15, -0.1) is 11.6 Å². The van der Waals surface area contributed by atoms with Gasteiger partial charge in [0.2, 0.25) is 0 Å². The highest BCUT2D eigenvalue weighted by Crippen LogP contribution is 2.32. The predicted octanol–water partition coefficient (Wildman–Crippen LogP) is 5.70. The van der Waals surface area contributed by atoms with E-state index in [0.29, 0.717) is 4.47 Å². The molecule has 4 heteroatoms. The van der Waals surface area contributed by atoms with E-state index in [1.54, 1.807) is 12.1 Å². The number of halogens is 3. The van der Waals surface area contributed by atoms with E-state index in [1.165, 1.54) is 6.07 Å². The molecule has 0 fully saturated rings. The summed E-state index contributed by atoms with van der Waals surface area (Å²) >= 11 is 9.60. The molecule has 1 nitrogen and oxygen atoms in total. The number of benzene rings is 2. The fourth-order valence-corrected chi connectivity index (χ4v) is 2.53. The third kappa shape index (κ3) is 3.74. The van der Waals surface area contributed by atoms with E-state index < -0.39 is 0 Å². The average molecular weight is 358 g/mol. The van der Waals surface area contributed by atoms with Crippen LogP contribution in [0, 0.1) is 5.82 Å². The molecule has 0 aliphatic rings. The van der Waals surface area contributed by atoms with Gasteiger partial charge in [-0.1, -0.05) is 18.2 Å². The van der Waals surface area contributed by atoms with Crippen molar-refractivity contribution in [2.75, 3.05) is 0 Å². The molecule has 0 radical (unpaired) electrons. The molecule has 0 aromatic heterocycles. The lowest BCUT2D eigenvalue weighted by atomic mass is 10.0. The normalized spacial score (nSPS) is 12.5. The Kier molecular flexibility index (Phi) is 5.06. The molecular weight excluding hydrogens is 343 g/mol. The van der Waals surface area contributed by atoms with Crippen molar-refractivity contribution in [3.05, 3.63) is 63.9 Å². The van der Waals surface area contributed by atoms with Gasteiger partial charge in [-0.3, -0.25) is 0 Å². The van der Waals surface area contributed by atoms with Gasteiger partial charge in [0.25, 0.3) is 0 Å². The van der Waals surface area contributed by atoms with Crippen LogP contribution >= 0.6 is 27.5 Å². The summed E-state index contributed by atoms with van der Waals surface area (Å²) in [5.74, 6) is 0.520. The summed E-state index contributed by atoms with van der Waals surface area (Å²) in [7, 11) is 0. The van der Waals surface area contributed by atoms with Crippen LogP contribution in [0.1, 0.15) is 30.4 Å².